The van der Waals surface area contributed by atoms with Crippen LogP contribution in [0.2, 0.25) is 0 Å². The number of methoxy groups -OCH3 is 1. The second-order valence-electron chi connectivity index (χ2n) is 3.58. The molecule has 0 bridgehead atoms. The molecule has 1 N–H and O–H groups in total. The van der Waals surface area contributed by atoms with Crippen LogP contribution in [0.25, 0.3) is 0 Å². The van der Waals surface area contributed by atoms with Crippen molar-refractivity contribution < 1.29 is 14.2 Å². The number of nitrogens with zero attached hydrogens (tertiary/aromatic N) is 1. The van der Waals surface area contributed by atoms with Gasteiger partial charge in [-0.2, -0.15) is 0 Å². The molecular formula is C13H12FNO2. The third-order valence-corrected chi connectivity index (χ3v) is 2.50. The van der Waals surface area contributed by atoms with E-state index < -0.39 is 6.10 Å². The zero-order valence-corrected chi connectivity index (χ0v) is 9.30. The van der Waals surface area contributed by atoms with Crippen LogP contribution in [0.15, 0.2) is 42.7 Å². The molecule has 2 aromatic rings. The van der Waals surface area contributed by atoms with Crippen molar-refractivity contribution in [2.45, 2.75) is 6.10 Å². The molecule has 3 nitrogen and oxygen atoms in total. The SMILES string of the molecule is COc1cnccc1C(O)c1cccc(F)c1. The van der Waals surface area contributed by atoms with E-state index in [0.717, 1.165) is 0 Å². The van der Waals surface area contributed by atoms with Gasteiger partial charge in [0.15, 0.2) is 0 Å². The van der Waals surface area contributed by atoms with E-state index in [1.54, 1.807) is 24.4 Å². The molecule has 88 valence electrons. The van der Waals surface area contributed by atoms with Gasteiger partial charge in [-0.25, -0.2) is 4.39 Å². The van der Waals surface area contributed by atoms with Crippen LogP contribution in [0.3, 0.4) is 0 Å². The van der Waals surface area contributed by atoms with Crippen LogP contribution in [0.1, 0.15) is 17.2 Å². The second kappa shape index (κ2) is 4.93. The third kappa shape index (κ3) is 2.42. The molecule has 1 aromatic heterocycles. The molecule has 17 heavy (non-hydrogen) atoms. The minimum atomic E-state index is -0.927. The first-order chi connectivity index (χ1) is 8.22. The Morgan fingerprint density at radius 2 is 2.18 bits per heavy atom. The first kappa shape index (κ1) is 11.5. The number of pyridine rings is 1. The first-order valence-electron chi connectivity index (χ1n) is 5.14. The minimum Gasteiger partial charge on any atom is -0.495 e. The third-order valence-electron chi connectivity index (χ3n) is 2.50. The molecule has 1 atom stereocenters. The molecule has 0 aliphatic heterocycles. The lowest BCUT2D eigenvalue weighted by molar-refractivity contribution is 0.214. The molecule has 0 radical (unpaired) electrons. The Hall–Kier alpha value is -1.94. The Bertz CT molecular complexity index is 516. The maximum Gasteiger partial charge on any atom is 0.143 e. The zero-order valence-electron chi connectivity index (χ0n) is 9.30. The van der Waals surface area contributed by atoms with Crippen LogP contribution >= 0.6 is 0 Å². The summed E-state index contributed by atoms with van der Waals surface area (Å²) in [4.78, 5) is 3.90. The average Bonchev–Trinajstić information content (AvgIpc) is 2.38. The number of rotatable bonds is 3. The van der Waals surface area contributed by atoms with Crippen molar-refractivity contribution in [3.8, 4) is 5.75 Å². The van der Waals surface area contributed by atoms with E-state index in [-0.39, 0.29) is 5.82 Å². The van der Waals surface area contributed by atoms with Crippen molar-refractivity contribution in [3.05, 3.63) is 59.7 Å². The van der Waals surface area contributed by atoms with Crippen LogP contribution < -0.4 is 4.74 Å². The standard InChI is InChI=1S/C13H12FNO2/c1-17-12-8-15-6-5-11(12)13(16)9-3-2-4-10(14)7-9/h2-8,13,16H,1H3. The molecular weight excluding hydrogens is 221 g/mol. The summed E-state index contributed by atoms with van der Waals surface area (Å²) in [6.45, 7) is 0. The fourth-order valence-corrected chi connectivity index (χ4v) is 1.64. The number of aliphatic hydroxyl groups is 1. The highest BCUT2D eigenvalue weighted by atomic mass is 19.1. The summed E-state index contributed by atoms with van der Waals surface area (Å²) >= 11 is 0. The molecule has 0 spiro atoms. The van der Waals surface area contributed by atoms with Crippen molar-refractivity contribution in [2.75, 3.05) is 7.11 Å². The number of hydrogen-bond acceptors (Lipinski definition) is 3. The monoisotopic (exact) mass is 233 g/mol. The van der Waals surface area contributed by atoms with Gasteiger partial charge in [0.05, 0.1) is 13.3 Å². The smallest absolute Gasteiger partial charge is 0.143 e. The van der Waals surface area contributed by atoms with Crippen molar-refractivity contribution in [2.24, 2.45) is 0 Å². The summed E-state index contributed by atoms with van der Waals surface area (Å²) in [6, 6.07) is 7.49. The van der Waals surface area contributed by atoms with Gasteiger partial charge in [0.25, 0.3) is 0 Å². The highest BCUT2D eigenvalue weighted by Crippen LogP contribution is 2.28. The molecule has 1 aromatic carbocycles. The summed E-state index contributed by atoms with van der Waals surface area (Å²) in [6.07, 6.45) is 2.14. The van der Waals surface area contributed by atoms with Gasteiger partial charge in [-0.15, -0.1) is 0 Å². The minimum absolute atomic E-state index is 0.380. The Morgan fingerprint density at radius 3 is 2.88 bits per heavy atom. The first-order valence-corrected chi connectivity index (χ1v) is 5.14. The number of ether oxygens (including phenoxy) is 1. The van der Waals surface area contributed by atoms with Crippen molar-refractivity contribution >= 4 is 0 Å². The van der Waals surface area contributed by atoms with Gasteiger partial charge in [0, 0.05) is 11.8 Å². The molecule has 2 rings (SSSR count). The van der Waals surface area contributed by atoms with Gasteiger partial charge in [0.2, 0.25) is 0 Å². The lowest BCUT2D eigenvalue weighted by Gasteiger charge is -2.14. The van der Waals surface area contributed by atoms with Crippen molar-refractivity contribution in [1.82, 2.24) is 4.98 Å². The molecule has 1 unspecified atom stereocenters. The van der Waals surface area contributed by atoms with Gasteiger partial charge >= 0.3 is 0 Å². The number of benzene rings is 1. The molecule has 0 fully saturated rings. The van der Waals surface area contributed by atoms with Gasteiger partial charge in [-0.05, 0) is 23.8 Å². The predicted octanol–water partition coefficient (Wildman–Crippen LogP) is 2.31. The van der Waals surface area contributed by atoms with E-state index in [2.05, 4.69) is 4.98 Å². The Balaban J connectivity index is 2.40. The highest BCUT2D eigenvalue weighted by molar-refractivity contribution is 5.38. The highest BCUT2D eigenvalue weighted by Gasteiger charge is 2.15. The largest absolute Gasteiger partial charge is 0.495 e. The Morgan fingerprint density at radius 1 is 1.35 bits per heavy atom. The lowest BCUT2D eigenvalue weighted by atomic mass is 10.0. The molecule has 0 aliphatic rings. The second-order valence-corrected chi connectivity index (χ2v) is 3.58. The van der Waals surface area contributed by atoms with Gasteiger partial charge in [-0.1, -0.05) is 12.1 Å². The van der Waals surface area contributed by atoms with Crippen LogP contribution in [0.5, 0.6) is 5.75 Å². The van der Waals surface area contributed by atoms with Gasteiger partial charge in [0.1, 0.15) is 17.7 Å². The van der Waals surface area contributed by atoms with E-state index in [1.165, 1.54) is 25.4 Å². The van der Waals surface area contributed by atoms with E-state index in [1.807, 2.05) is 0 Å². The number of hydrogen-bond donors (Lipinski definition) is 1. The predicted molar refractivity (Wildman–Crippen MR) is 61.3 cm³/mol. The molecule has 0 saturated heterocycles. The topological polar surface area (TPSA) is 42.4 Å². The summed E-state index contributed by atoms with van der Waals surface area (Å²) in [5.74, 6) is 0.0961. The van der Waals surface area contributed by atoms with Crippen molar-refractivity contribution in [1.29, 1.82) is 0 Å². The van der Waals surface area contributed by atoms with Crippen LogP contribution in [0, 0.1) is 5.82 Å². The Kier molecular flexibility index (Phi) is 3.35. The summed E-state index contributed by atoms with van der Waals surface area (Å²) in [7, 11) is 1.50. The quantitative estimate of drug-likeness (QED) is 0.884. The zero-order chi connectivity index (χ0) is 12.3. The van der Waals surface area contributed by atoms with Crippen LogP contribution in [-0.4, -0.2) is 17.2 Å². The summed E-state index contributed by atoms with van der Waals surface area (Å²) < 4.78 is 18.2. The molecule has 4 heteroatoms. The molecule has 0 aliphatic carbocycles. The summed E-state index contributed by atoms with van der Waals surface area (Å²) in [5, 5.41) is 10.2. The van der Waals surface area contributed by atoms with E-state index in [0.29, 0.717) is 16.9 Å². The summed E-state index contributed by atoms with van der Waals surface area (Å²) in [5.41, 5.74) is 1.04. The number of halogens is 1. The van der Waals surface area contributed by atoms with E-state index in [9.17, 15) is 9.50 Å². The number of aliphatic hydroxyl groups excluding tert-OH is 1. The Labute approximate surface area is 98.5 Å². The number of aromatic nitrogens is 1. The van der Waals surface area contributed by atoms with Gasteiger partial charge < -0.3 is 9.84 Å². The fourth-order valence-electron chi connectivity index (χ4n) is 1.64. The molecule has 0 amide bonds. The maximum atomic E-state index is 13.1. The normalized spacial score (nSPS) is 12.2. The fraction of sp³-hybridized carbons (Fsp3) is 0.154. The molecule has 0 saturated carbocycles. The van der Waals surface area contributed by atoms with Crippen molar-refractivity contribution in [3.63, 3.8) is 0 Å². The van der Waals surface area contributed by atoms with Gasteiger partial charge in [-0.3, -0.25) is 4.98 Å². The van der Waals surface area contributed by atoms with E-state index >= 15 is 0 Å². The average molecular weight is 233 g/mol. The van der Waals surface area contributed by atoms with E-state index in [4.69, 9.17) is 4.74 Å². The maximum absolute atomic E-state index is 13.1. The van der Waals surface area contributed by atoms with Crippen LogP contribution in [-0.2, 0) is 0 Å². The lowest BCUT2D eigenvalue weighted by Crippen LogP contribution is -2.03. The molecule has 1 heterocycles. The van der Waals surface area contributed by atoms with Crippen LogP contribution in [0.4, 0.5) is 4.39 Å².